The lowest BCUT2D eigenvalue weighted by Gasteiger charge is -2.13. The van der Waals surface area contributed by atoms with Crippen LogP contribution >= 0.6 is 0 Å². The Hall–Kier alpha value is -1.55. The van der Waals surface area contributed by atoms with E-state index in [4.69, 9.17) is 0 Å². The minimum Gasteiger partial charge on any atom is -0.388 e. The second kappa shape index (κ2) is 4.79. The van der Waals surface area contributed by atoms with Gasteiger partial charge in [-0.2, -0.15) is 0 Å². The first-order valence-electron chi connectivity index (χ1n) is 4.81. The Morgan fingerprint density at radius 3 is 2.47 bits per heavy atom. The van der Waals surface area contributed by atoms with E-state index >= 15 is 0 Å². The number of carbonyl (C=O) groups is 1. The van der Waals surface area contributed by atoms with Gasteiger partial charge >= 0.3 is 0 Å². The van der Waals surface area contributed by atoms with Crippen molar-refractivity contribution in [2.45, 2.75) is 6.92 Å². The maximum absolute atomic E-state index is 11.7. The number of amides is 1. The molecule has 0 heterocycles. The second-order valence-corrected chi connectivity index (χ2v) is 3.62. The number of hydrogen-bond acceptors (Lipinski definition) is 3. The fraction of sp³-hybridized carbons (Fsp3) is 0.364. The van der Waals surface area contributed by atoms with Crippen LogP contribution in [0.25, 0.3) is 0 Å². The Kier molecular flexibility index (Phi) is 3.68. The van der Waals surface area contributed by atoms with Gasteiger partial charge < -0.3 is 5.32 Å². The second-order valence-electron chi connectivity index (χ2n) is 3.62. The molecule has 0 aromatic heterocycles. The molecule has 1 aromatic carbocycles. The number of benzene rings is 1. The predicted molar refractivity (Wildman–Crippen MR) is 61.9 cm³/mol. The highest BCUT2D eigenvalue weighted by Crippen LogP contribution is 2.14. The Labute approximate surface area is 90.2 Å². The van der Waals surface area contributed by atoms with Gasteiger partial charge in [0.05, 0.1) is 0 Å². The van der Waals surface area contributed by atoms with Gasteiger partial charge in [0.25, 0.3) is 5.91 Å². The highest BCUT2D eigenvalue weighted by molar-refractivity contribution is 5.95. The van der Waals surface area contributed by atoms with Gasteiger partial charge in [-0.3, -0.25) is 10.2 Å². The molecule has 2 N–H and O–H groups in total. The monoisotopic (exact) mass is 207 g/mol. The third-order valence-electron chi connectivity index (χ3n) is 2.08. The number of aryl methyl sites for hydroxylation is 1. The van der Waals surface area contributed by atoms with Gasteiger partial charge in [-0.25, -0.2) is 5.01 Å². The average molecular weight is 207 g/mol. The van der Waals surface area contributed by atoms with Gasteiger partial charge in [0.15, 0.2) is 0 Å². The molecule has 1 aromatic rings. The first kappa shape index (κ1) is 11.5. The molecule has 0 atom stereocenters. The fourth-order valence-electron chi connectivity index (χ4n) is 1.34. The summed E-state index contributed by atoms with van der Waals surface area (Å²) in [6.07, 6.45) is 0. The summed E-state index contributed by atoms with van der Waals surface area (Å²) in [5, 5.41) is 4.67. The Morgan fingerprint density at radius 1 is 1.33 bits per heavy atom. The van der Waals surface area contributed by atoms with Crippen LogP contribution in [0, 0.1) is 6.92 Å². The molecule has 0 radical (unpaired) electrons. The van der Waals surface area contributed by atoms with E-state index in [9.17, 15) is 4.79 Å². The molecule has 0 bridgehead atoms. The summed E-state index contributed by atoms with van der Waals surface area (Å²) in [7, 11) is 5.43. The molecule has 0 fully saturated rings. The van der Waals surface area contributed by atoms with Crippen molar-refractivity contribution in [1.29, 1.82) is 0 Å². The van der Waals surface area contributed by atoms with Crippen LogP contribution in [0.15, 0.2) is 18.2 Å². The van der Waals surface area contributed by atoms with Crippen molar-refractivity contribution in [3.8, 4) is 0 Å². The summed E-state index contributed by atoms with van der Waals surface area (Å²) in [5.74, 6) is -0.0832. The topological polar surface area (TPSA) is 44.4 Å². The van der Waals surface area contributed by atoms with E-state index in [0.717, 1.165) is 11.3 Å². The van der Waals surface area contributed by atoms with E-state index in [1.807, 2.05) is 32.2 Å². The molecule has 4 nitrogen and oxygen atoms in total. The summed E-state index contributed by atoms with van der Waals surface area (Å²) < 4.78 is 0. The molecular weight excluding hydrogens is 190 g/mol. The van der Waals surface area contributed by atoms with E-state index in [0.29, 0.717) is 5.56 Å². The lowest BCUT2D eigenvalue weighted by molar-refractivity contribution is 0.0856. The number of nitrogens with zero attached hydrogens (tertiary/aromatic N) is 1. The van der Waals surface area contributed by atoms with Gasteiger partial charge in [-0.05, 0) is 30.7 Å². The normalized spacial score (nSPS) is 10.2. The maximum atomic E-state index is 11.7. The van der Waals surface area contributed by atoms with Crippen LogP contribution in [0.2, 0.25) is 0 Å². The van der Waals surface area contributed by atoms with Gasteiger partial charge in [0, 0.05) is 32.4 Å². The molecule has 0 spiro atoms. The third kappa shape index (κ3) is 2.95. The number of hydrazine groups is 1. The number of nitrogens with one attached hydrogen (secondary N) is 2. The van der Waals surface area contributed by atoms with E-state index in [1.165, 1.54) is 0 Å². The first-order valence-corrected chi connectivity index (χ1v) is 4.81. The van der Waals surface area contributed by atoms with Crippen molar-refractivity contribution >= 4 is 11.6 Å². The Morgan fingerprint density at radius 2 is 2.00 bits per heavy atom. The van der Waals surface area contributed by atoms with Gasteiger partial charge in [0.2, 0.25) is 0 Å². The molecule has 0 unspecified atom stereocenters. The fourth-order valence-corrected chi connectivity index (χ4v) is 1.34. The average Bonchev–Trinajstić information content (AvgIpc) is 2.16. The van der Waals surface area contributed by atoms with Gasteiger partial charge in [0.1, 0.15) is 0 Å². The van der Waals surface area contributed by atoms with Crippen molar-refractivity contribution in [2.75, 3.05) is 26.5 Å². The molecule has 0 aliphatic heterocycles. The van der Waals surface area contributed by atoms with Crippen LogP contribution in [0.3, 0.4) is 0 Å². The van der Waals surface area contributed by atoms with Crippen LogP contribution < -0.4 is 10.7 Å². The lowest BCUT2D eigenvalue weighted by Crippen LogP contribution is -2.36. The summed E-state index contributed by atoms with van der Waals surface area (Å²) in [6.45, 7) is 1.92. The number of carbonyl (C=O) groups excluding carboxylic acids is 1. The highest BCUT2D eigenvalue weighted by atomic mass is 16.2. The van der Waals surface area contributed by atoms with Crippen LogP contribution in [0.1, 0.15) is 15.9 Å². The molecule has 0 saturated heterocycles. The Bertz CT molecular complexity index is 361. The van der Waals surface area contributed by atoms with Crippen LogP contribution in [0.4, 0.5) is 5.69 Å². The van der Waals surface area contributed by atoms with Gasteiger partial charge in [-0.1, -0.05) is 0 Å². The smallest absolute Gasteiger partial charge is 0.265 e. The SMILES string of the molecule is CNc1ccc(C(=O)NN(C)C)c(C)c1. The van der Waals surface area contributed by atoms with Crippen molar-refractivity contribution in [3.63, 3.8) is 0 Å². The van der Waals surface area contributed by atoms with Gasteiger partial charge in [-0.15, -0.1) is 0 Å². The molecular formula is C11H17N3O. The highest BCUT2D eigenvalue weighted by Gasteiger charge is 2.09. The Balaban J connectivity index is 2.90. The summed E-state index contributed by atoms with van der Waals surface area (Å²) in [4.78, 5) is 11.7. The van der Waals surface area contributed by atoms with Crippen LogP contribution in [-0.4, -0.2) is 32.1 Å². The summed E-state index contributed by atoms with van der Waals surface area (Å²) in [6, 6.07) is 5.65. The molecule has 0 aliphatic rings. The van der Waals surface area contributed by atoms with E-state index in [2.05, 4.69) is 10.7 Å². The van der Waals surface area contributed by atoms with E-state index < -0.39 is 0 Å². The van der Waals surface area contributed by atoms with Crippen LogP contribution in [-0.2, 0) is 0 Å². The lowest BCUT2D eigenvalue weighted by atomic mass is 10.1. The molecule has 15 heavy (non-hydrogen) atoms. The zero-order valence-corrected chi connectivity index (χ0v) is 9.59. The van der Waals surface area contributed by atoms with E-state index in [-0.39, 0.29) is 5.91 Å². The summed E-state index contributed by atoms with van der Waals surface area (Å²) in [5.41, 5.74) is 5.38. The third-order valence-corrected chi connectivity index (χ3v) is 2.08. The molecule has 1 amide bonds. The molecule has 1 rings (SSSR count). The molecule has 82 valence electrons. The van der Waals surface area contributed by atoms with Crippen molar-refractivity contribution in [1.82, 2.24) is 10.4 Å². The van der Waals surface area contributed by atoms with E-state index in [1.54, 1.807) is 19.1 Å². The minimum absolute atomic E-state index is 0.0832. The van der Waals surface area contributed by atoms with Crippen molar-refractivity contribution in [2.24, 2.45) is 0 Å². The minimum atomic E-state index is -0.0832. The number of rotatable bonds is 3. The zero-order chi connectivity index (χ0) is 11.4. The van der Waals surface area contributed by atoms with Crippen molar-refractivity contribution < 1.29 is 4.79 Å². The maximum Gasteiger partial charge on any atom is 0.265 e. The van der Waals surface area contributed by atoms with Crippen molar-refractivity contribution in [3.05, 3.63) is 29.3 Å². The predicted octanol–water partition coefficient (Wildman–Crippen LogP) is 1.24. The molecule has 0 saturated carbocycles. The first-order chi connectivity index (χ1) is 7.04. The molecule has 4 heteroatoms. The standard InChI is InChI=1S/C11H17N3O/c1-8-7-9(12-2)5-6-10(8)11(15)13-14(3)4/h5-7,12H,1-4H3,(H,13,15). The largest absolute Gasteiger partial charge is 0.388 e. The van der Waals surface area contributed by atoms with Crippen LogP contribution in [0.5, 0.6) is 0 Å². The number of hydrogen-bond donors (Lipinski definition) is 2. The zero-order valence-electron chi connectivity index (χ0n) is 9.59. The summed E-state index contributed by atoms with van der Waals surface area (Å²) >= 11 is 0. The molecule has 0 aliphatic carbocycles. The number of anilines is 1. The quantitative estimate of drug-likeness (QED) is 0.733.